The molecule has 1 fully saturated rings. The van der Waals surface area contributed by atoms with E-state index in [1.54, 1.807) is 6.92 Å². The molecule has 4 heteroatoms. The van der Waals surface area contributed by atoms with Crippen LogP contribution in [0.15, 0.2) is 0 Å². The molecule has 0 aliphatic carbocycles. The topological polar surface area (TPSA) is 49.8 Å². The minimum absolute atomic E-state index is 0.200. The predicted molar refractivity (Wildman–Crippen MR) is 43.7 cm³/mol. The second-order valence-corrected chi connectivity index (χ2v) is 3.31. The van der Waals surface area contributed by atoms with Crippen molar-refractivity contribution in [3.8, 4) is 0 Å². The van der Waals surface area contributed by atoms with Gasteiger partial charge in [0.15, 0.2) is 0 Å². The van der Waals surface area contributed by atoms with Crippen molar-refractivity contribution in [2.24, 2.45) is 0 Å². The first kappa shape index (κ1) is 9.48. The molecular weight excluding hydrogens is 158 g/mol. The third-order valence-electron chi connectivity index (χ3n) is 1.94. The van der Waals surface area contributed by atoms with Gasteiger partial charge >= 0.3 is 5.97 Å². The number of rotatable bonds is 2. The van der Waals surface area contributed by atoms with E-state index < -0.39 is 6.10 Å². The fraction of sp³-hybridized carbons (Fsp3) is 0.875. The smallest absolute Gasteiger partial charge is 0.320 e. The van der Waals surface area contributed by atoms with E-state index in [9.17, 15) is 4.79 Å². The first-order valence-corrected chi connectivity index (χ1v) is 4.17. The van der Waals surface area contributed by atoms with Gasteiger partial charge in [0.2, 0.25) is 0 Å². The molecule has 1 aliphatic rings. The van der Waals surface area contributed by atoms with Crippen LogP contribution >= 0.6 is 0 Å². The number of carbonyl (C=O) groups excluding carboxylic acids is 1. The number of hydrogen-bond donors (Lipinski definition) is 1. The number of carbonyl (C=O) groups is 1. The molecule has 1 N–H and O–H groups in total. The van der Waals surface area contributed by atoms with Gasteiger partial charge in [0.25, 0.3) is 0 Å². The minimum Gasteiger partial charge on any atom is -0.463 e. The van der Waals surface area contributed by atoms with Crippen molar-refractivity contribution in [3.63, 3.8) is 0 Å². The summed E-state index contributed by atoms with van der Waals surface area (Å²) in [6.45, 7) is 4.97. The van der Waals surface area contributed by atoms with Gasteiger partial charge in [-0.1, -0.05) is 0 Å². The van der Waals surface area contributed by atoms with E-state index in [1.165, 1.54) is 0 Å². The Morgan fingerprint density at radius 1 is 1.83 bits per heavy atom. The number of hydrogen-bond acceptors (Lipinski definition) is 4. The van der Waals surface area contributed by atoms with Gasteiger partial charge in [0, 0.05) is 12.6 Å². The van der Waals surface area contributed by atoms with Crippen LogP contribution in [-0.4, -0.2) is 47.8 Å². The molecule has 0 saturated carbocycles. The van der Waals surface area contributed by atoms with E-state index in [-0.39, 0.29) is 12.0 Å². The van der Waals surface area contributed by atoms with Gasteiger partial charge in [-0.15, -0.1) is 0 Å². The molecule has 2 unspecified atom stereocenters. The first-order chi connectivity index (χ1) is 5.59. The van der Waals surface area contributed by atoms with Gasteiger partial charge < -0.3 is 9.84 Å². The highest BCUT2D eigenvalue weighted by Gasteiger charge is 2.25. The lowest BCUT2D eigenvalue weighted by atomic mass is 10.2. The molecule has 0 bridgehead atoms. The SMILES string of the molecule is CC(O)CN1CC(=O)OCC1C. The maximum Gasteiger partial charge on any atom is 0.320 e. The summed E-state index contributed by atoms with van der Waals surface area (Å²) in [7, 11) is 0. The summed E-state index contributed by atoms with van der Waals surface area (Å²) in [5.41, 5.74) is 0. The third-order valence-corrected chi connectivity index (χ3v) is 1.94. The van der Waals surface area contributed by atoms with Crippen molar-refractivity contribution < 1.29 is 14.6 Å². The van der Waals surface area contributed by atoms with E-state index in [4.69, 9.17) is 9.84 Å². The fourth-order valence-electron chi connectivity index (χ4n) is 1.27. The van der Waals surface area contributed by atoms with Crippen LogP contribution in [0.2, 0.25) is 0 Å². The molecule has 0 spiro atoms. The molecule has 1 saturated heterocycles. The van der Waals surface area contributed by atoms with Crippen LogP contribution in [0.25, 0.3) is 0 Å². The standard InChI is InChI=1S/C8H15NO3/c1-6-5-12-8(11)4-9(6)3-7(2)10/h6-7,10H,3-5H2,1-2H3. The Bertz CT molecular complexity index is 170. The Morgan fingerprint density at radius 2 is 2.50 bits per heavy atom. The van der Waals surface area contributed by atoms with E-state index in [0.29, 0.717) is 19.7 Å². The summed E-state index contributed by atoms with van der Waals surface area (Å²) in [6.07, 6.45) is -0.390. The average molecular weight is 173 g/mol. The molecule has 70 valence electrons. The number of morpholine rings is 1. The molecule has 12 heavy (non-hydrogen) atoms. The summed E-state index contributed by atoms with van der Waals surface area (Å²) >= 11 is 0. The molecule has 0 aromatic carbocycles. The number of aliphatic hydroxyl groups excluding tert-OH is 1. The van der Waals surface area contributed by atoms with Crippen LogP contribution in [0.5, 0.6) is 0 Å². The lowest BCUT2D eigenvalue weighted by Gasteiger charge is -2.32. The highest BCUT2D eigenvalue weighted by Crippen LogP contribution is 2.07. The summed E-state index contributed by atoms with van der Waals surface area (Å²) < 4.78 is 4.84. The van der Waals surface area contributed by atoms with Gasteiger partial charge in [-0.05, 0) is 13.8 Å². The van der Waals surface area contributed by atoms with E-state index in [1.807, 2.05) is 11.8 Å². The molecule has 2 atom stereocenters. The second-order valence-electron chi connectivity index (χ2n) is 3.31. The summed E-state index contributed by atoms with van der Waals surface area (Å²) in [5.74, 6) is -0.200. The molecule has 0 aromatic heterocycles. The fourth-order valence-corrected chi connectivity index (χ4v) is 1.27. The molecule has 1 aliphatic heterocycles. The zero-order valence-electron chi connectivity index (χ0n) is 7.49. The Kier molecular flexibility index (Phi) is 3.05. The number of nitrogens with zero attached hydrogens (tertiary/aromatic N) is 1. The largest absolute Gasteiger partial charge is 0.463 e. The van der Waals surface area contributed by atoms with Gasteiger partial charge in [-0.3, -0.25) is 9.69 Å². The Labute approximate surface area is 72.1 Å². The molecular formula is C8H15NO3. The van der Waals surface area contributed by atoms with Gasteiger partial charge in [-0.2, -0.15) is 0 Å². The zero-order chi connectivity index (χ0) is 9.14. The van der Waals surface area contributed by atoms with Gasteiger partial charge in [-0.25, -0.2) is 0 Å². The van der Waals surface area contributed by atoms with Gasteiger partial charge in [0.05, 0.1) is 12.6 Å². The van der Waals surface area contributed by atoms with E-state index in [0.717, 1.165) is 0 Å². The van der Waals surface area contributed by atoms with Crippen LogP contribution in [0.3, 0.4) is 0 Å². The van der Waals surface area contributed by atoms with Crippen molar-refractivity contribution in [3.05, 3.63) is 0 Å². The average Bonchev–Trinajstić information content (AvgIpc) is 1.96. The lowest BCUT2D eigenvalue weighted by molar-refractivity contribution is -0.154. The number of esters is 1. The van der Waals surface area contributed by atoms with Crippen molar-refractivity contribution in [2.45, 2.75) is 26.0 Å². The Balaban J connectivity index is 2.43. The van der Waals surface area contributed by atoms with Crippen LogP contribution in [0.4, 0.5) is 0 Å². The molecule has 4 nitrogen and oxygen atoms in total. The molecule has 1 rings (SSSR count). The van der Waals surface area contributed by atoms with Crippen LogP contribution in [-0.2, 0) is 9.53 Å². The van der Waals surface area contributed by atoms with Crippen LogP contribution in [0.1, 0.15) is 13.8 Å². The summed E-state index contributed by atoms with van der Waals surface area (Å²) in [5, 5.41) is 9.11. The Hall–Kier alpha value is -0.610. The first-order valence-electron chi connectivity index (χ1n) is 4.17. The highest BCUT2D eigenvalue weighted by atomic mass is 16.5. The normalized spacial score (nSPS) is 28.2. The predicted octanol–water partition coefficient (Wildman–Crippen LogP) is -0.385. The zero-order valence-corrected chi connectivity index (χ0v) is 7.49. The van der Waals surface area contributed by atoms with Crippen molar-refractivity contribution >= 4 is 5.97 Å². The Morgan fingerprint density at radius 3 is 3.08 bits per heavy atom. The number of cyclic esters (lactones) is 1. The van der Waals surface area contributed by atoms with Gasteiger partial charge in [0.1, 0.15) is 6.61 Å². The van der Waals surface area contributed by atoms with Crippen molar-refractivity contribution in [2.75, 3.05) is 19.7 Å². The molecule has 1 heterocycles. The van der Waals surface area contributed by atoms with Crippen molar-refractivity contribution in [1.29, 1.82) is 0 Å². The summed E-state index contributed by atoms with van der Waals surface area (Å²) in [6, 6.07) is 0.220. The van der Waals surface area contributed by atoms with E-state index >= 15 is 0 Å². The quantitative estimate of drug-likeness (QED) is 0.578. The molecule has 0 aromatic rings. The monoisotopic (exact) mass is 173 g/mol. The third kappa shape index (κ3) is 2.46. The number of ether oxygens (including phenoxy) is 1. The summed E-state index contributed by atoms with van der Waals surface area (Å²) in [4.78, 5) is 12.8. The highest BCUT2D eigenvalue weighted by molar-refractivity contribution is 5.72. The van der Waals surface area contributed by atoms with E-state index in [2.05, 4.69) is 0 Å². The maximum atomic E-state index is 10.9. The van der Waals surface area contributed by atoms with Crippen LogP contribution in [0, 0.1) is 0 Å². The maximum absolute atomic E-state index is 10.9. The minimum atomic E-state index is -0.390. The van der Waals surface area contributed by atoms with Crippen LogP contribution < -0.4 is 0 Å². The lowest BCUT2D eigenvalue weighted by Crippen LogP contribution is -2.48. The van der Waals surface area contributed by atoms with Crippen molar-refractivity contribution in [1.82, 2.24) is 4.90 Å². The number of aliphatic hydroxyl groups is 1. The second kappa shape index (κ2) is 3.87. The molecule has 0 radical (unpaired) electrons. The number of β-amino-alcohol motifs (C(OH)–C–C–N with tert-alkyl or cyclic N) is 1. The molecule has 0 amide bonds.